The van der Waals surface area contributed by atoms with Crippen molar-refractivity contribution in [3.63, 3.8) is 0 Å². The van der Waals surface area contributed by atoms with Crippen molar-refractivity contribution in [3.05, 3.63) is 0 Å². The lowest BCUT2D eigenvalue weighted by molar-refractivity contribution is -0.113. The molecule has 1 heteroatoms. The maximum atomic E-state index is 6.04. The average Bonchev–Trinajstić information content (AvgIpc) is 3.20. The molecule has 1 spiro atoms. The molecule has 0 aromatic heterocycles. The fourth-order valence-corrected chi connectivity index (χ4v) is 7.95. The highest BCUT2D eigenvalue weighted by atomic mass is 16.6. The molecule has 0 amide bonds. The van der Waals surface area contributed by atoms with E-state index in [0.717, 1.165) is 30.3 Å². The Kier molecular flexibility index (Phi) is 2.60. The Morgan fingerprint density at radius 2 is 1.62 bits per heavy atom. The first-order chi connectivity index (χ1) is 10.1. The predicted molar refractivity (Wildman–Crippen MR) is 85.0 cm³/mol. The van der Waals surface area contributed by atoms with Crippen LogP contribution in [0, 0.1) is 34.5 Å². The van der Waals surface area contributed by atoms with E-state index in [1.165, 1.54) is 57.8 Å². The molecule has 7 atom stereocenters. The fraction of sp³-hybridized carbons (Fsp3) is 1.00. The van der Waals surface area contributed by atoms with Crippen LogP contribution >= 0.6 is 0 Å². The lowest BCUT2D eigenvalue weighted by Gasteiger charge is -2.60. The largest absolute Gasteiger partial charge is 0.369 e. The van der Waals surface area contributed by atoms with Gasteiger partial charge in [-0.2, -0.15) is 0 Å². The zero-order valence-electron chi connectivity index (χ0n) is 14.0. The van der Waals surface area contributed by atoms with Gasteiger partial charge in [0.1, 0.15) is 0 Å². The van der Waals surface area contributed by atoms with Crippen LogP contribution in [0.25, 0.3) is 0 Å². The molecule has 1 heterocycles. The SMILES string of the molecule is CC12CCCCC1CCC1C2CCC2(C)C1CCC21CO1. The standard InChI is InChI=1S/C20H32O/c1-18-10-4-3-5-14(18)6-7-15-16(18)8-11-19(2)17(15)9-12-20(19)13-21-20/h14-17H,3-13H2,1-2H3. The van der Waals surface area contributed by atoms with Crippen molar-refractivity contribution in [1.82, 2.24) is 0 Å². The summed E-state index contributed by atoms with van der Waals surface area (Å²) in [5, 5.41) is 0. The van der Waals surface area contributed by atoms with E-state index in [9.17, 15) is 0 Å². The van der Waals surface area contributed by atoms with E-state index in [0.29, 0.717) is 16.4 Å². The van der Waals surface area contributed by atoms with Gasteiger partial charge in [-0.3, -0.25) is 0 Å². The van der Waals surface area contributed by atoms with Gasteiger partial charge in [-0.15, -0.1) is 0 Å². The first-order valence-corrected chi connectivity index (χ1v) is 9.73. The zero-order chi connectivity index (χ0) is 14.3. The van der Waals surface area contributed by atoms with Crippen molar-refractivity contribution >= 4 is 0 Å². The number of fused-ring (bicyclic) bond motifs is 6. The van der Waals surface area contributed by atoms with E-state index in [2.05, 4.69) is 13.8 Å². The predicted octanol–water partition coefficient (Wildman–Crippen LogP) is 5.19. The van der Waals surface area contributed by atoms with Gasteiger partial charge >= 0.3 is 0 Å². The van der Waals surface area contributed by atoms with Gasteiger partial charge in [0, 0.05) is 5.41 Å². The molecule has 4 saturated carbocycles. The Labute approximate surface area is 130 Å². The Bertz CT molecular complexity index is 453. The molecule has 0 bridgehead atoms. The summed E-state index contributed by atoms with van der Waals surface area (Å²) in [5.74, 6) is 4.12. The summed E-state index contributed by atoms with van der Waals surface area (Å²) in [6.07, 6.45) is 15.0. The summed E-state index contributed by atoms with van der Waals surface area (Å²) in [4.78, 5) is 0. The van der Waals surface area contributed by atoms with Crippen LogP contribution in [-0.4, -0.2) is 12.2 Å². The topological polar surface area (TPSA) is 12.5 Å². The molecule has 4 aliphatic carbocycles. The maximum absolute atomic E-state index is 6.04. The van der Waals surface area contributed by atoms with Crippen LogP contribution in [0.4, 0.5) is 0 Å². The molecule has 21 heavy (non-hydrogen) atoms. The van der Waals surface area contributed by atoms with Crippen LogP contribution < -0.4 is 0 Å². The molecule has 1 nitrogen and oxygen atoms in total. The van der Waals surface area contributed by atoms with E-state index in [1.807, 2.05) is 0 Å². The first-order valence-electron chi connectivity index (χ1n) is 9.73. The van der Waals surface area contributed by atoms with E-state index < -0.39 is 0 Å². The molecule has 5 fully saturated rings. The van der Waals surface area contributed by atoms with Crippen LogP contribution in [0.2, 0.25) is 0 Å². The average molecular weight is 288 g/mol. The molecule has 0 aromatic carbocycles. The molecule has 5 aliphatic rings. The van der Waals surface area contributed by atoms with Gasteiger partial charge in [0.2, 0.25) is 0 Å². The third-order valence-electron chi connectivity index (χ3n) is 9.37. The summed E-state index contributed by atoms with van der Waals surface area (Å²) < 4.78 is 6.04. The van der Waals surface area contributed by atoms with Crippen LogP contribution in [0.1, 0.15) is 78.1 Å². The number of ether oxygens (including phenoxy) is 1. The minimum atomic E-state index is 0.340. The lowest BCUT2D eigenvalue weighted by Crippen LogP contribution is -2.53. The summed E-state index contributed by atoms with van der Waals surface area (Å²) in [6.45, 7) is 6.37. The number of epoxide rings is 1. The van der Waals surface area contributed by atoms with Crippen LogP contribution in [-0.2, 0) is 4.74 Å². The van der Waals surface area contributed by atoms with Gasteiger partial charge in [-0.1, -0.05) is 26.7 Å². The third-order valence-corrected chi connectivity index (χ3v) is 9.37. The Morgan fingerprint density at radius 1 is 0.810 bits per heavy atom. The molecular formula is C20H32O. The highest BCUT2D eigenvalue weighted by molar-refractivity contribution is 5.18. The van der Waals surface area contributed by atoms with Crippen molar-refractivity contribution in [2.75, 3.05) is 6.61 Å². The van der Waals surface area contributed by atoms with Crippen molar-refractivity contribution < 1.29 is 4.74 Å². The smallest absolute Gasteiger partial charge is 0.0972 e. The quantitative estimate of drug-likeness (QED) is 0.559. The molecule has 1 aliphatic heterocycles. The molecule has 7 unspecified atom stereocenters. The number of rotatable bonds is 0. The summed E-state index contributed by atoms with van der Waals surface area (Å²) in [7, 11) is 0. The zero-order valence-corrected chi connectivity index (χ0v) is 14.0. The monoisotopic (exact) mass is 288 g/mol. The minimum Gasteiger partial charge on any atom is -0.369 e. The normalized spacial score (nSPS) is 62.0. The molecule has 5 rings (SSSR count). The van der Waals surface area contributed by atoms with Crippen molar-refractivity contribution in [2.24, 2.45) is 34.5 Å². The fourth-order valence-electron chi connectivity index (χ4n) is 7.95. The summed E-state index contributed by atoms with van der Waals surface area (Å²) >= 11 is 0. The molecule has 118 valence electrons. The van der Waals surface area contributed by atoms with Crippen LogP contribution in [0.3, 0.4) is 0 Å². The van der Waals surface area contributed by atoms with Gasteiger partial charge < -0.3 is 4.74 Å². The van der Waals surface area contributed by atoms with Crippen molar-refractivity contribution in [2.45, 2.75) is 83.7 Å². The van der Waals surface area contributed by atoms with E-state index in [1.54, 1.807) is 6.42 Å². The van der Waals surface area contributed by atoms with Crippen molar-refractivity contribution in [3.8, 4) is 0 Å². The van der Waals surface area contributed by atoms with Crippen molar-refractivity contribution in [1.29, 1.82) is 0 Å². The van der Waals surface area contributed by atoms with Crippen LogP contribution in [0.15, 0.2) is 0 Å². The minimum absolute atomic E-state index is 0.340. The van der Waals surface area contributed by atoms with E-state index in [-0.39, 0.29) is 0 Å². The Hall–Kier alpha value is -0.0400. The Morgan fingerprint density at radius 3 is 2.43 bits per heavy atom. The third kappa shape index (κ3) is 1.53. The second kappa shape index (κ2) is 4.08. The van der Waals surface area contributed by atoms with E-state index >= 15 is 0 Å². The Balaban J connectivity index is 1.48. The van der Waals surface area contributed by atoms with Gasteiger partial charge in [0.05, 0.1) is 12.2 Å². The second-order valence-electron chi connectivity index (χ2n) is 9.68. The van der Waals surface area contributed by atoms with E-state index in [4.69, 9.17) is 4.74 Å². The van der Waals surface area contributed by atoms with Gasteiger partial charge in [0.15, 0.2) is 0 Å². The summed E-state index contributed by atoms with van der Waals surface area (Å²) in [5.41, 5.74) is 1.57. The van der Waals surface area contributed by atoms with Gasteiger partial charge in [-0.05, 0) is 80.5 Å². The number of hydrogen-bond donors (Lipinski definition) is 0. The van der Waals surface area contributed by atoms with Crippen LogP contribution in [0.5, 0.6) is 0 Å². The maximum Gasteiger partial charge on any atom is 0.0972 e. The molecule has 0 N–H and O–H groups in total. The number of hydrogen-bond acceptors (Lipinski definition) is 1. The van der Waals surface area contributed by atoms with Gasteiger partial charge in [0.25, 0.3) is 0 Å². The molecular weight excluding hydrogens is 256 g/mol. The highest BCUT2D eigenvalue weighted by Gasteiger charge is 2.69. The molecule has 1 saturated heterocycles. The second-order valence-corrected chi connectivity index (χ2v) is 9.68. The molecule has 0 aromatic rings. The first kappa shape index (κ1) is 13.4. The highest BCUT2D eigenvalue weighted by Crippen LogP contribution is 2.71. The molecule has 0 radical (unpaired) electrons. The van der Waals surface area contributed by atoms with Gasteiger partial charge in [-0.25, -0.2) is 0 Å². The lowest BCUT2D eigenvalue weighted by atomic mass is 9.45. The summed E-state index contributed by atoms with van der Waals surface area (Å²) in [6, 6.07) is 0.